The number of hydrogen-bond donors (Lipinski definition) is 2. The van der Waals surface area contributed by atoms with Gasteiger partial charge in [0.1, 0.15) is 0 Å². The van der Waals surface area contributed by atoms with Gasteiger partial charge < -0.3 is 10.2 Å². The largest absolute Gasteiger partial charge is 0.481 e. The second-order valence-electron chi connectivity index (χ2n) is 15.3. The molecule has 2 N–H and O–H groups in total. The molecular weight excluding hydrogens is 408 g/mol. The van der Waals surface area contributed by atoms with Crippen LogP contribution in [-0.4, -0.2) is 21.8 Å². The summed E-state index contributed by atoms with van der Waals surface area (Å²) in [5.74, 6) is 1.73. The van der Waals surface area contributed by atoms with Crippen molar-refractivity contribution in [3.05, 3.63) is 0 Å². The van der Waals surface area contributed by atoms with Crippen LogP contribution in [0.2, 0.25) is 0 Å². The molecule has 5 rings (SSSR count). The van der Waals surface area contributed by atoms with Gasteiger partial charge in [-0.05, 0) is 129 Å². The molecule has 0 amide bonds. The van der Waals surface area contributed by atoms with E-state index in [9.17, 15) is 15.0 Å². The molecule has 0 aromatic carbocycles. The highest BCUT2D eigenvalue weighted by Crippen LogP contribution is 2.78. The van der Waals surface area contributed by atoms with E-state index in [-0.39, 0.29) is 22.2 Å². The number of carboxylic acid groups (broad SMARTS) is 1. The van der Waals surface area contributed by atoms with Crippen LogP contribution in [-0.2, 0) is 4.79 Å². The fourth-order valence-corrected chi connectivity index (χ4v) is 12.2. The maximum Gasteiger partial charge on any atom is 0.310 e. The Labute approximate surface area is 202 Å². The molecule has 188 valence electrons. The second-order valence-corrected chi connectivity index (χ2v) is 15.3. The predicted octanol–water partition coefficient (Wildman–Crippen LogP) is 7.31. The summed E-state index contributed by atoms with van der Waals surface area (Å²) >= 11 is 0. The lowest BCUT2D eigenvalue weighted by atomic mass is 9.31. The summed E-state index contributed by atoms with van der Waals surface area (Å²) in [7, 11) is 0. The van der Waals surface area contributed by atoms with Gasteiger partial charge in [0, 0.05) is 0 Å². The van der Waals surface area contributed by atoms with Crippen LogP contribution < -0.4 is 0 Å². The number of carboxylic acids is 1. The predicted molar refractivity (Wildman–Crippen MR) is 133 cm³/mol. The van der Waals surface area contributed by atoms with Gasteiger partial charge in [-0.1, -0.05) is 41.0 Å². The first-order chi connectivity index (χ1) is 15.1. The molecule has 0 spiro atoms. The highest BCUT2D eigenvalue weighted by atomic mass is 16.4. The number of carbonyl (C=O) groups is 1. The highest BCUT2D eigenvalue weighted by molar-refractivity contribution is 5.77. The van der Waals surface area contributed by atoms with E-state index in [0.717, 1.165) is 44.4 Å². The molecule has 3 nitrogen and oxygen atoms in total. The summed E-state index contributed by atoms with van der Waals surface area (Å²) in [6, 6.07) is 0. The summed E-state index contributed by atoms with van der Waals surface area (Å²) in [5.41, 5.74) is -0.723. The molecule has 0 saturated heterocycles. The quantitative estimate of drug-likeness (QED) is 0.456. The minimum absolute atomic E-state index is 0.0406. The van der Waals surface area contributed by atoms with E-state index in [1.54, 1.807) is 0 Å². The normalized spacial score (nSPS) is 53.4. The van der Waals surface area contributed by atoms with Gasteiger partial charge in [0.2, 0.25) is 0 Å². The molecule has 5 aliphatic carbocycles. The molecule has 33 heavy (non-hydrogen) atoms. The third-order valence-electron chi connectivity index (χ3n) is 13.4. The van der Waals surface area contributed by atoms with E-state index < -0.39 is 17.0 Å². The van der Waals surface area contributed by atoms with E-state index in [1.807, 2.05) is 13.8 Å². The van der Waals surface area contributed by atoms with Crippen molar-refractivity contribution < 1.29 is 15.0 Å². The van der Waals surface area contributed by atoms with Crippen LogP contribution in [0.3, 0.4) is 0 Å². The van der Waals surface area contributed by atoms with Gasteiger partial charge in [-0.2, -0.15) is 0 Å². The average Bonchev–Trinajstić information content (AvgIpc) is 3.04. The van der Waals surface area contributed by atoms with Gasteiger partial charge in [0.05, 0.1) is 11.0 Å². The Morgan fingerprint density at radius 2 is 1.42 bits per heavy atom. The van der Waals surface area contributed by atoms with Crippen molar-refractivity contribution >= 4 is 5.97 Å². The highest BCUT2D eigenvalue weighted by Gasteiger charge is 2.74. The molecule has 0 aromatic rings. The maximum absolute atomic E-state index is 13.5. The second kappa shape index (κ2) is 7.01. The van der Waals surface area contributed by atoms with Crippen molar-refractivity contribution in [1.29, 1.82) is 0 Å². The number of hydrogen-bond acceptors (Lipinski definition) is 2. The summed E-state index contributed by atoms with van der Waals surface area (Å²) in [4.78, 5) is 13.5. The molecule has 9 unspecified atom stereocenters. The SMILES string of the molecule is CC(C)(O)C1CCC2(C)C1CCC1(C(=O)O)C2CCC2C3(C)CCCC(C)(C)C3CCC21C. The third kappa shape index (κ3) is 2.87. The Kier molecular flexibility index (Phi) is 5.13. The molecule has 9 atom stereocenters. The third-order valence-corrected chi connectivity index (χ3v) is 13.4. The number of aliphatic carboxylic acids is 1. The maximum atomic E-state index is 13.5. The monoisotopic (exact) mass is 458 g/mol. The number of fused-ring (bicyclic) bond motifs is 7. The zero-order valence-corrected chi connectivity index (χ0v) is 22.5. The first-order valence-corrected chi connectivity index (χ1v) is 14.1. The van der Waals surface area contributed by atoms with Gasteiger partial charge in [-0.25, -0.2) is 0 Å². The summed E-state index contributed by atoms with van der Waals surface area (Å²) < 4.78 is 0. The Morgan fingerprint density at radius 3 is 2.06 bits per heavy atom. The van der Waals surface area contributed by atoms with E-state index in [4.69, 9.17) is 0 Å². The van der Waals surface area contributed by atoms with Gasteiger partial charge in [0.15, 0.2) is 0 Å². The van der Waals surface area contributed by atoms with Gasteiger partial charge in [0.25, 0.3) is 0 Å². The zero-order chi connectivity index (χ0) is 24.2. The molecule has 5 aliphatic rings. The summed E-state index contributed by atoms with van der Waals surface area (Å²) in [6.45, 7) is 16.3. The first-order valence-electron chi connectivity index (χ1n) is 14.1. The van der Waals surface area contributed by atoms with E-state index in [1.165, 1.54) is 32.1 Å². The van der Waals surface area contributed by atoms with Crippen LogP contribution in [0.25, 0.3) is 0 Å². The van der Waals surface area contributed by atoms with Crippen molar-refractivity contribution in [3.63, 3.8) is 0 Å². The molecule has 0 heterocycles. The van der Waals surface area contributed by atoms with E-state index in [0.29, 0.717) is 23.2 Å². The summed E-state index contributed by atoms with van der Waals surface area (Å²) in [6.07, 6.45) is 12.4. The fraction of sp³-hybridized carbons (Fsp3) is 0.967. The molecule has 5 saturated carbocycles. The number of aliphatic hydroxyl groups is 1. The topological polar surface area (TPSA) is 57.5 Å². The standard InChI is InChI=1S/C30H50O3/c1-25(2)14-8-15-28(6)21(25)13-17-29(7)22(28)9-10-23-27(5)16-11-19(26(3,4)33)20(27)12-18-30(23,29)24(31)32/h19-23,33H,8-18H2,1-7H3,(H,31,32). The lowest BCUT2D eigenvalue weighted by Crippen LogP contribution is -2.69. The van der Waals surface area contributed by atoms with Crippen molar-refractivity contribution in [3.8, 4) is 0 Å². The van der Waals surface area contributed by atoms with Crippen LogP contribution >= 0.6 is 0 Å². The Morgan fingerprint density at radius 1 is 0.758 bits per heavy atom. The minimum Gasteiger partial charge on any atom is -0.481 e. The van der Waals surface area contributed by atoms with Gasteiger partial charge >= 0.3 is 5.97 Å². The molecule has 3 heteroatoms. The van der Waals surface area contributed by atoms with E-state index in [2.05, 4.69) is 34.6 Å². The Hall–Kier alpha value is -0.570. The van der Waals surface area contributed by atoms with Crippen LogP contribution in [0.15, 0.2) is 0 Å². The molecular formula is C30H50O3. The number of rotatable bonds is 2. The van der Waals surface area contributed by atoms with Crippen molar-refractivity contribution in [2.45, 2.75) is 125 Å². The van der Waals surface area contributed by atoms with Crippen molar-refractivity contribution in [2.24, 2.45) is 56.7 Å². The van der Waals surface area contributed by atoms with Gasteiger partial charge in [-0.15, -0.1) is 0 Å². The fourth-order valence-electron chi connectivity index (χ4n) is 12.2. The van der Waals surface area contributed by atoms with Crippen molar-refractivity contribution in [1.82, 2.24) is 0 Å². The Balaban J connectivity index is 1.59. The smallest absolute Gasteiger partial charge is 0.310 e. The van der Waals surface area contributed by atoms with Crippen LogP contribution in [0.1, 0.15) is 119 Å². The van der Waals surface area contributed by atoms with Crippen molar-refractivity contribution in [2.75, 3.05) is 0 Å². The molecule has 5 fully saturated rings. The van der Waals surface area contributed by atoms with Gasteiger partial charge in [-0.3, -0.25) is 4.79 Å². The Bertz CT molecular complexity index is 825. The van der Waals surface area contributed by atoms with Crippen LogP contribution in [0.5, 0.6) is 0 Å². The molecule has 0 aliphatic heterocycles. The molecule has 0 radical (unpaired) electrons. The van der Waals surface area contributed by atoms with Crippen LogP contribution in [0, 0.1) is 56.7 Å². The van der Waals surface area contributed by atoms with E-state index >= 15 is 0 Å². The minimum atomic E-state index is -0.675. The lowest BCUT2D eigenvalue weighted by molar-refractivity contribution is -0.251. The summed E-state index contributed by atoms with van der Waals surface area (Å²) in [5, 5.41) is 22.1. The molecule has 0 aromatic heterocycles. The molecule has 0 bridgehead atoms. The average molecular weight is 459 g/mol. The lowest BCUT2D eigenvalue weighted by Gasteiger charge is -2.72. The first kappa shape index (κ1) is 24.1. The zero-order valence-electron chi connectivity index (χ0n) is 22.5. The van der Waals surface area contributed by atoms with Crippen LogP contribution in [0.4, 0.5) is 0 Å².